The average molecular weight is 376 g/mol. The maximum atomic E-state index is 12.9. The quantitative estimate of drug-likeness (QED) is 0.812. The molecular weight excluding hydrogens is 354 g/mol. The highest BCUT2D eigenvalue weighted by Gasteiger charge is 2.52. The summed E-state index contributed by atoms with van der Waals surface area (Å²) in [5, 5.41) is 9.92. The van der Waals surface area contributed by atoms with Crippen molar-refractivity contribution in [2.45, 2.75) is 51.1 Å². The summed E-state index contributed by atoms with van der Waals surface area (Å²) in [5.41, 5.74) is 1.19. The molecule has 1 N–H and O–H groups in total. The molecule has 0 aromatic carbocycles. The first kappa shape index (κ1) is 16.7. The number of aromatic nitrogens is 1. The first-order valence-corrected chi connectivity index (χ1v) is 10.5. The molecule has 3 amide bonds. The minimum absolute atomic E-state index is 0.0721. The van der Waals surface area contributed by atoms with E-state index in [2.05, 4.69) is 22.6 Å². The lowest BCUT2D eigenvalue weighted by Crippen LogP contribution is -2.49. The van der Waals surface area contributed by atoms with E-state index in [0.717, 1.165) is 48.4 Å². The van der Waals surface area contributed by atoms with Crippen LogP contribution in [0.5, 0.6) is 0 Å². The number of carbonyl (C=O) groups is 2. The van der Waals surface area contributed by atoms with Crippen LogP contribution in [0.25, 0.3) is 10.6 Å². The first-order valence-electron chi connectivity index (χ1n) is 8.72. The zero-order valence-electron chi connectivity index (χ0n) is 14.2. The van der Waals surface area contributed by atoms with E-state index in [9.17, 15) is 9.59 Å². The predicted octanol–water partition coefficient (Wildman–Crippen LogP) is 4.26. The van der Waals surface area contributed by atoms with Gasteiger partial charge in [-0.15, -0.1) is 11.3 Å². The molecule has 2 fully saturated rings. The Morgan fingerprint density at radius 3 is 2.80 bits per heavy atom. The molecule has 132 valence electrons. The van der Waals surface area contributed by atoms with Crippen molar-refractivity contribution in [3.63, 3.8) is 0 Å². The molecule has 0 unspecified atom stereocenters. The number of hydrogen-bond donors (Lipinski definition) is 1. The van der Waals surface area contributed by atoms with E-state index in [4.69, 9.17) is 0 Å². The number of imide groups is 1. The molecular formula is C18H21N3O2S2. The van der Waals surface area contributed by atoms with Crippen LogP contribution in [0, 0.1) is 5.92 Å². The molecule has 1 spiro atoms. The van der Waals surface area contributed by atoms with Gasteiger partial charge in [0.05, 0.1) is 12.2 Å². The van der Waals surface area contributed by atoms with E-state index in [1.165, 1.54) is 4.90 Å². The summed E-state index contributed by atoms with van der Waals surface area (Å²) in [6.07, 6.45) is 4.67. The van der Waals surface area contributed by atoms with Gasteiger partial charge in [0.15, 0.2) is 0 Å². The Bertz CT molecular complexity index is 776. The van der Waals surface area contributed by atoms with Gasteiger partial charge in [-0.25, -0.2) is 9.78 Å². The van der Waals surface area contributed by atoms with E-state index in [1.54, 1.807) is 22.7 Å². The molecule has 0 atom stereocenters. The van der Waals surface area contributed by atoms with Crippen LogP contribution in [0.1, 0.15) is 44.7 Å². The number of amides is 3. The Morgan fingerprint density at radius 1 is 1.32 bits per heavy atom. The number of rotatable bonds is 4. The van der Waals surface area contributed by atoms with E-state index in [-0.39, 0.29) is 18.5 Å². The molecule has 1 aliphatic heterocycles. The van der Waals surface area contributed by atoms with Crippen molar-refractivity contribution in [2.24, 2.45) is 5.92 Å². The van der Waals surface area contributed by atoms with Crippen molar-refractivity contribution < 1.29 is 9.59 Å². The topological polar surface area (TPSA) is 62.3 Å². The van der Waals surface area contributed by atoms with Crippen LogP contribution in [0.15, 0.2) is 22.2 Å². The molecule has 4 rings (SSSR count). The van der Waals surface area contributed by atoms with Gasteiger partial charge in [-0.3, -0.25) is 9.69 Å². The van der Waals surface area contributed by atoms with Gasteiger partial charge in [-0.05, 0) is 43.0 Å². The SMILES string of the molecule is CCC1CCC2(CC1)NC(=O)N(Cc1csc(-c3ccsc3)n1)C2=O. The summed E-state index contributed by atoms with van der Waals surface area (Å²) in [4.78, 5) is 31.3. The van der Waals surface area contributed by atoms with E-state index < -0.39 is 5.54 Å². The molecule has 0 radical (unpaired) electrons. The predicted molar refractivity (Wildman–Crippen MR) is 99.5 cm³/mol. The molecule has 25 heavy (non-hydrogen) atoms. The lowest BCUT2D eigenvalue weighted by Gasteiger charge is -2.34. The van der Waals surface area contributed by atoms with Crippen LogP contribution in [0.2, 0.25) is 0 Å². The molecule has 7 heteroatoms. The summed E-state index contributed by atoms with van der Waals surface area (Å²) in [6, 6.07) is 1.76. The number of thiazole rings is 1. The summed E-state index contributed by atoms with van der Waals surface area (Å²) in [5.74, 6) is 0.605. The van der Waals surface area contributed by atoms with Crippen molar-refractivity contribution in [1.82, 2.24) is 15.2 Å². The number of carbonyl (C=O) groups excluding carboxylic acids is 2. The fourth-order valence-electron chi connectivity index (χ4n) is 3.80. The Morgan fingerprint density at radius 2 is 2.12 bits per heavy atom. The Kier molecular flexibility index (Phi) is 4.37. The standard InChI is InChI=1S/C18H21N3O2S2/c1-2-12-3-6-18(7-4-12)16(22)21(17(23)20-18)9-14-11-25-15(19-14)13-5-8-24-10-13/h5,8,10-12H,2-4,6-7,9H2,1H3,(H,20,23). The minimum Gasteiger partial charge on any atom is -0.323 e. The molecule has 0 bridgehead atoms. The third-order valence-electron chi connectivity index (χ3n) is 5.42. The zero-order valence-corrected chi connectivity index (χ0v) is 15.8. The van der Waals surface area contributed by atoms with Crippen molar-refractivity contribution in [1.29, 1.82) is 0 Å². The summed E-state index contributed by atoms with van der Waals surface area (Å²) in [7, 11) is 0. The highest BCUT2D eigenvalue weighted by Crippen LogP contribution is 2.38. The third-order valence-corrected chi connectivity index (χ3v) is 7.05. The number of urea groups is 1. The van der Waals surface area contributed by atoms with Gasteiger partial charge >= 0.3 is 6.03 Å². The van der Waals surface area contributed by atoms with Crippen molar-refractivity contribution in [3.05, 3.63) is 27.9 Å². The van der Waals surface area contributed by atoms with Gasteiger partial charge < -0.3 is 5.32 Å². The van der Waals surface area contributed by atoms with Gasteiger partial charge in [0.2, 0.25) is 0 Å². The highest BCUT2D eigenvalue weighted by atomic mass is 32.1. The number of nitrogens with one attached hydrogen (secondary N) is 1. The van der Waals surface area contributed by atoms with Crippen molar-refractivity contribution in [2.75, 3.05) is 0 Å². The molecule has 2 aromatic heterocycles. The second-order valence-electron chi connectivity index (χ2n) is 6.91. The van der Waals surface area contributed by atoms with E-state index >= 15 is 0 Å². The maximum absolute atomic E-state index is 12.9. The van der Waals surface area contributed by atoms with Crippen LogP contribution >= 0.6 is 22.7 Å². The normalized spacial score (nSPS) is 26.4. The smallest absolute Gasteiger partial charge is 0.323 e. The zero-order chi connectivity index (χ0) is 17.4. The van der Waals surface area contributed by atoms with Gasteiger partial charge in [0.25, 0.3) is 5.91 Å². The Balaban J connectivity index is 1.48. The fraction of sp³-hybridized carbons (Fsp3) is 0.500. The van der Waals surface area contributed by atoms with Crippen LogP contribution < -0.4 is 5.32 Å². The van der Waals surface area contributed by atoms with E-state index in [1.807, 2.05) is 16.8 Å². The fourth-order valence-corrected chi connectivity index (χ4v) is 5.32. The maximum Gasteiger partial charge on any atom is 0.325 e. The highest BCUT2D eigenvalue weighted by molar-refractivity contribution is 7.14. The van der Waals surface area contributed by atoms with Gasteiger partial charge in [0.1, 0.15) is 10.5 Å². The number of nitrogens with zero attached hydrogens (tertiary/aromatic N) is 2. The van der Waals surface area contributed by atoms with Crippen molar-refractivity contribution >= 4 is 34.6 Å². The average Bonchev–Trinajstić information content (AvgIpc) is 3.34. The molecule has 2 aliphatic rings. The Hall–Kier alpha value is -1.73. The van der Waals surface area contributed by atoms with Crippen LogP contribution in [-0.2, 0) is 11.3 Å². The van der Waals surface area contributed by atoms with Crippen LogP contribution in [0.3, 0.4) is 0 Å². The Labute approximate surface area is 155 Å². The second kappa shape index (κ2) is 6.53. The number of thiophene rings is 1. The minimum atomic E-state index is -0.672. The lowest BCUT2D eigenvalue weighted by atomic mass is 9.75. The second-order valence-corrected chi connectivity index (χ2v) is 8.55. The monoisotopic (exact) mass is 375 g/mol. The van der Waals surface area contributed by atoms with Gasteiger partial charge in [-0.1, -0.05) is 13.3 Å². The summed E-state index contributed by atoms with van der Waals surface area (Å²) < 4.78 is 0. The lowest BCUT2D eigenvalue weighted by molar-refractivity contribution is -0.133. The third kappa shape index (κ3) is 3.00. The first-order chi connectivity index (χ1) is 12.1. The molecule has 1 aliphatic carbocycles. The van der Waals surface area contributed by atoms with Crippen molar-refractivity contribution in [3.8, 4) is 10.6 Å². The number of hydrogen-bond acceptors (Lipinski definition) is 5. The van der Waals surface area contributed by atoms with Crippen LogP contribution in [-0.4, -0.2) is 27.4 Å². The largest absolute Gasteiger partial charge is 0.325 e. The molecule has 1 saturated heterocycles. The molecule has 5 nitrogen and oxygen atoms in total. The summed E-state index contributed by atoms with van der Waals surface area (Å²) in [6.45, 7) is 2.45. The molecule has 1 saturated carbocycles. The summed E-state index contributed by atoms with van der Waals surface area (Å²) >= 11 is 3.18. The van der Waals surface area contributed by atoms with Gasteiger partial charge in [0, 0.05) is 16.3 Å². The van der Waals surface area contributed by atoms with E-state index in [0.29, 0.717) is 5.92 Å². The molecule has 3 heterocycles. The molecule has 2 aromatic rings. The van der Waals surface area contributed by atoms with Crippen LogP contribution in [0.4, 0.5) is 4.79 Å². The van der Waals surface area contributed by atoms with Gasteiger partial charge in [-0.2, -0.15) is 11.3 Å².